The molecule has 3 nitrogen and oxygen atoms in total. The molecule has 0 amide bonds. The fraction of sp³-hybridized carbons (Fsp3) is 0.308. The molecule has 86 valence electrons. The number of hydrogen-bond donors (Lipinski definition) is 0. The van der Waals surface area contributed by atoms with Gasteiger partial charge in [-0.25, -0.2) is 0 Å². The van der Waals surface area contributed by atoms with E-state index in [1.807, 2.05) is 31.2 Å². The summed E-state index contributed by atoms with van der Waals surface area (Å²) in [6, 6.07) is 7.40. The highest BCUT2D eigenvalue weighted by molar-refractivity contribution is 5.72. The summed E-state index contributed by atoms with van der Waals surface area (Å²) in [5, 5.41) is 0. The van der Waals surface area contributed by atoms with E-state index in [0.717, 1.165) is 16.9 Å². The highest BCUT2D eigenvalue weighted by atomic mass is 16.5. The van der Waals surface area contributed by atoms with E-state index in [9.17, 15) is 4.79 Å². The van der Waals surface area contributed by atoms with Gasteiger partial charge >= 0.3 is 5.97 Å². The SMILES string of the molecule is C=C(C)COc1cccc(CC(=O)OC)c1. The largest absolute Gasteiger partial charge is 0.489 e. The first-order valence-electron chi connectivity index (χ1n) is 5.04. The summed E-state index contributed by atoms with van der Waals surface area (Å²) in [4.78, 5) is 11.1. The summed E-state index contributed by atoms with van der Waals surface area (Å²) in [7, 11) is 1.38. The van der Waals surface area contributed by atoms with Gasteiger partial charge in [0.25, 0.3) is 0 Å². The van der Waals surface area contributed by atoms with Gasteiger partial charge in [0.2, 0.25) is 0 Å². The molecule has 0 saturated carbocycles. The lowest BCUT2D eigenvalue weighted by Gasteiger charge is -2.07. The van der Waals surface area contributed by atoms with Crippen LogP contribution >= 0.6 is 0 Å². The Hall–Kier alpha value is -1.77. The number of hydrogen-bond acceptors (Lipinski definition) is 3. The van der Waals surface area contributed by atoms with Crippen molar-refractivity contribution in [2.75, 3.05) is 13.7 Å². The minimum absolute atomic E-state index is 0.253. The Labute approximate surface area is 95.7 Å². The number of ether oxygens (including phenoxy) is 2. The van der Waals surface area contributed by atoms with Gasteiger partial charge in [-0.1, -0.05) is 18.7 Å². The molecule has 1 aromatic carbocycles. The van der Waals surface area contributed by atoms with E-state index >= 15 is 0 Å². The molecule has 0 aromatic heterocycles. The third kappa shape index (κ3) is 4.17. The van der Waals surface area contributed by atoms with Gasteiger partial charge < -0.3 is 9.47 Å². The van der Waals surface area contributed by atoms with Gasteiger partial charge in [-0.3, -0.25) is 4.79 Å². The Kier molecular flexibility index (Phi) is 4.58. The lowest BCUT2D eigenvalue weighted by Crippen LogP contribution is -2.05. The van der Waals surface area contributed by atoms with Gasteiger partial charge in [0.15, 0.2) is 0 Å². The molecule has 0 fully saturated rings. The van der Waals surface area contributed by atoms with E-state index in [1.54, 1.807) is 0 Å². The molecule has 1 rings (SSSR count). The number of rotatable bonds is 5. The molecule has 0 bridgehead atoms. The van der Waals surface area contributed by atoms with Crippen molar-refractivity contribution in [1.82, 2.24) is 0 Å². The summed E-state index contributed by atoms with van der Waals surface area (Å²) in [5.41, 5.74) is 1.84. The number of carbonyl (C=O) groups is 1. The molecule has 0 aliphatic carbocycles. The fourth-order valence-corrected chi connectivity index (χ4v) is 1.19. The summed E-state index contributed by atoms with van der Waals surface area (Å²) in [5.74, 6) is 0.487. The third-order valence-corrected chi connectivity index (χ3v) is 1.96. The number of esters is 1. The first-order chi connectivity index (χ1) is 7.61. The molecular weight excluding hydrogens is 204 g/mol. The molecule has 0 unspecified atom stereocenters. The monoisotopic (exact) mass is 220 g/mol. The Morgan fingerprint density at radius 1 is 1.44 bits per heavy atom. The Balaban J connectivity index is 2.63. The molecule has 16 heavy (non-hydrogen) atoms. The molecule has 0 aliphatic heterocycles. The molecule has 0 saturated heterocycles. The minimum atomic E-state index is -0.253. The normalized spacial score (nSPS) is 9.62. The van der Waals surface area contributed by atoms with Crippen LogP contribution in [0.25, 0.3) is 0 Å². The van der Waals surface area contributed by atoms with Crippen LogP contribution in [0.4, 0.5) is 0 Å². The van der Waals surface area contributed by atoms with Crippen LogP contribution in [-0.4, -0.2) is 19.7 Å². The molecule has 0 aliphatic rings. The predicted octanol–water partition coefficient (Wildman–Crippen LogP) is 2.36. The van der Waals surface area contributed by atoms with E-state index in [0.29, 0.717) is 6.61 Å². The van der Waals surface area contributed by atoms with Crippen LogP contribution in [-0.2, 0) is 16.0 Å². The first-order valence-corrected chi connectivity index (χ1v) is 5.04. The zero-order chi connectivity index (χ0) is 12.0. The van der Waals surface area contributed by atoms with Gasteiger partial charge in [-0.05, 0) is 30.2 Å². The summed E-state index contributed by atoms with van der Waals surface area (Å²) < 4.78 is 10.1. The summed E-state index contributed by atoms with van der Waals surface area (Å²) >= 11 is 0. The van der Waals surface area contributed by atoms with Crippen molar-refractivity contribution in [3.63, 3.8) is 0 Å². The molecule has 1 aromatic rings. The zero-order valence-corrected chi connectivity index (χ0v) is 9.66. The van der Waals surface area contributed by atoms with Crippen LogP contribution in [0.15, 0.2) is 36.4 Å². The van der Waals surface area contributed by atoms with E-state index in [1.165, 1.54) is 7.11 Å². The Bertz CT molecular complexity index is 383. The van der Waals surface area contributed by atoms with Crippen LogP contribution in [0.5, 0.6) is 5.75 Å². The molecule has 0 heterocycles. The van der Waals surface area contributed by atoms with Crippen LogP contribution in [0.3, 0.4) is 0 Å². The number of carbonyl (C=O) groups excluding carboxylic acids is 1. The first kappa shape index (κ1) is 12.3. The maximum atomic E-state index is 11.1. The molecule has 0 N–H and O–H groups in total. The van der Waals surface area contributed by atoms with Gasteiger partial charge in [-0.2, -0.15) is 0 Å². The van der Waals surface area contributed by atoms with Gasteiger partial charge in [0.05, 0.1) is 13.5 Å². The van der Waals surface area contributed by atoms with Gasteiger partial charge in [0.1, 0.15) is 12.4 Å². The fourth-order valence-electron chi connectivity index (χ4n) is 1.19. The Morgan fingerprint density at radius 3 is 2.81 bits per heavy atom. The Morgan fingerprint density at radius 2 is 2.19 bits per heavy atom. The van der Waals surface area contributed by atoms with Crippen molar-refractivity contribution in [2.24, 2.45) is 0 Å². The van der Waals surface area contributed by atoms with E-state index in [-0.39, 0.29) is 12.4 Å². The second kappa shape index (κ2) is 5.95. The maximum absolute atomic E-state index is 11.1. The second-order valence-electron chi connectivity index (χ2n) is 3.65. The zero-order valence-electron chi connectivity index (χ0n) is 9.66. The van der Waals surface area contributed by atoms with Crippen LogP contribution in [0.2, 0.25) is 0 Å². The molecule has 3 heteroatoms. The van der Waals surface area contributed by atoms with Gasteiger partial charge in [0, 0.05) is 0 Å². The standard InChI is InChI=1S/C13H16O3/c1-10(2)9-16-12-6-4-5-11(7-12)8-13(14)15-3/h4-7H,1,8-9H2,2-3H3. The van der Waals surface area contributed by atoms with E-state index in [2.05, 4.69) is 11.3 Å². The quantitative estimate of drug-likeness (QED) is 0.564. The minimum Gasteiger partial charge on any atom is -0.489 e. The van der Waals surface area contributed by atoms with E-state index in [4.69, 9.17) is 4.74 Å². The van der Waals surface area contributed by atoms with Crippen molar-refractivity contribution >= 4 is 5.97 Å². The molecule has 0 atom stereocenters. The van der Waals surface area contributed by atoms with Crippen LogP contribution in [0.1, 0.15) is 12.5 Å². The second-order valence-corrected chi connectivity index (χ2v) is 3.65. The van der Waals surface area contributed by atoms with Crippen molar-refractivity contribution in [3.8, 4) is 5.75 Å². The predicted molar refractivity (Wildman–Crippen MR) is 62.5 cm³/mol. The highest BCUT2D eigenvalue weighted by Crippen LogP contribution is 2.14. The van der Waals surface area contributed by atoms with E-state index < -0.39 is 0 Å². The summed E-state index contributed by atoms with van der Waals surface area (Å²) in [6.45, 7) is 6.14. The maximum Gasteiger partial charge on any atom is 0.309 e. The molecular formula is C13H16O3. The average molecular weight is 220 g/mol. The number of methoxy groups -OCH3 is 1. The lowest BCUT2D eigenvalue weighted by atomic mass is 10.1. The van der Waals surface area contributed by atoms with Gasteiger partial charge in [-0.15, -0.1) is 0 Å². The van der Waals surface area contributed by atoms with Crippen LogP contribution in [0, 0.1) is 0 Å². The molecule has 0 spiro atoms. The van der Waals surface area contributed by atoms with Crippen molar-refractivity contribution in [2.45, 2.75) is 13.3 Å². The molecule has 0 radical (unpaired) electrons. The van der Waals surface area contributed by atoms with Crippen LogP contribution < -0.4 is 4.74 Å². The topological polar surface area (TPSA) is 35.5 Å². The highest BCUT2D eigenvalue weighted by Gasteiger charge is 2.03. The summed E-state index contributed by atoms with van der Waals surface area (Å²) in [6.07, 6.45) is 0.265. The van der Waals surface area contributed by atoms with Crippen molar-refractivity contribution in [1.29, 1.82) is 0 Å². The van der Waals surface area contributed by atoms with Crippen molar-refractivity contribution < 1.29 is 14.3 Å². The third-order valence-electron chi connectivity index (χ3n) is 1.96. The van der Waals surface area contributed by atoms with Crippen molar-refractivity contribution in [3.05, 3.63) is 42.0 Å². The average Bonchev–Trinajstić information content (AvgIpc) is 2.26. The smallest absolute Gasteiger partial charge is 0.309 e. The lowest BCUT2D eigenvalue weighted by molar-refractivity contribution is -0.139. The number of benzene rings is 1.